The van der Waals surface area contributed by atoms with Crippen LogP contribution < -0.4 is 0 Å². The molecule has 4 nitrogen and oxygen atoms in total. The Morgan fingerprint density at radius 1 is 0.315 bits per heavy atom. The molecule has 4 heteroatoms. The summed E-state index contributed by atoms with van der Waals surface area (Å²) in [6, 6.07) is 0. The Balaban J connectivity index is 3.66. The molecule has 0 bridgehead atoms. The van der Waals surface area contributed by atoms with Crippen LogP contribution in [0.3, 0.4) is 0 Å². The van der Waals surface area contributed by atoms with Crippen molar-refractivity contribution in [1.82, 2.24) is 0 Å². The van der Waals surface area contributed by atoms with E-state index < -0.39 is 11.9 Å². The van der Waals surface area contributed by atoms with Gasteiger partial charge in [-0.3, -0.25) is 9.59 Å². The van der Waals surface area contributed by atoms with Crippen molar-refractivity contribution in [2.75, 3.05) is 0 Å². The van der Waals surface area contributed by atoms with Crippen LogP contribution in [0, 0.1) is 11.8 Å². The van der Waals surface area contributed by atoms with Gasteiger partial charge in [0.05, 0.1) is 11.8 Å². The van der Waals surface area contributed by atoms with Gasteiger partial charge in [0.25, 0.3) is 0 Å². The third kappa shape index (κ3) is 40.1. The highest BCUT2D eigenvalue weighted by atomic mass is 16.4. The number of hydrogen-bond acceptors (Lipinski definition) is 2. The second kappa shape index (κ2) is 44.1. The summed E-state index contributed by atoms with van der Waals surface area (Å²) in [4.78, 5) is 23.7. The first kappa shape index (κ1) is 52.4. The molecule has 0 rings (SSSR count). The predicted molar refractivity (Wildman–Crippen MR) is 237 cm³/mol. The average molecular weight is 759 g/mol. The molecular weight excluding hydrogens is 665 g/mol. The van der Waals surface area contributed by atoms with Gasteiger partial charge in [0.1, 0.15) is 0 Å². The van der Waals surface area contributed by atoms with E-state index in [0.29, 0.717) is 0 Å². The zero-order valence-corrected chi connectivity index (χ0v) is 36.5. The molecule has 0 aromatic heterocycles. The van der Waals surface area contributed by atoms with Crippen LogP contribution in [0.15, 0.2) is 24.3 Å². The lowest BCUT2D eigenvalue weighted by atomic mass is 9.92. The maximum Gasteiger partial charge on any atom is 0.306 e. The van der Waals surface area contributed by atoms with E-state index in [-0.39, 0.29) is 11.8 Å². The standard InChI is InChI=1S/C50H94O4/c1-3-5-7-9-11-13-15-17-19-21-23-25-27-29-31-33-35-39-43-47(49(51)52)45-41-37-38-42-46-48(50(53)54)44-40-36-34-32-30-28-26-24-22-20-18-16-14-12-10-8-6-4-2/h17-20,47-48H,3-16,21-46H2,1-2H3,(H,51,52)(H,53,54)/b19-17-,20-18-. The SMILES string of the molecule is CCCCCCCC/C=C\CCCCCCCCCCC(CCCCCCC(CCCCCCCCCC/C=C\CCCCCCCC)C(=O)O)C(=O)O. The van der Waals surface area contributed by atoms with Gasteiger partial charge in [-0.2, -0.15) is 0 Å². The molecule has 0 saturated heterocycles. The highest BCUT2D eigenvalue weighted by Crippen LogP contribution is 2.22. The van der Waals surface area contributed by atoms with Gasteiger partial charge >= 0.3 is 11.9 Å². The third-order valence-electron chi connectivity index (χ3n) is 11.7. The number of unbranched alkanes of at least 4 members (excludes halogenated alkanes) is 31. The van der Waals surface area contributed by atoms with E-state index >= 15 is 0 Å². The van der Waals surface area contributed by atoms with Crippen LogP contribution in [0.25, 0.3) is 0 Å². The lowest BCUT2D eigenvalue weighted by Crippen LogP contribution is -2.14. The Labute approximate surface area is 337 Å². The highest BCUT2D eigenvalue weighted by molar-refractivity contribution is 5.70. The Bertz CT molecular complexity index is 764. The Morgan fingerprint density at radius 2 is 0.500 bits per heavy atom. The van der Waals surface area contributed by atoms with Crippen LogP contribution in [-0.2, 0) is 9.59 Å². The van der Waals surface area contributed by atoms with Crippen molar-refractivity contribution in [2.45, 2.75) is 271 Å². The van der Waals surface area contributed by atoms with Gasteiger partial charge < -0.3 is 10.2 Å². The van der Waals surface area contributed by atoms with E-state index in [9.17, 15) is 19.8 Å². The molecule has 0 aliphatic rings. The van der Waals surface area contributed by atoms with Crippen molar-refractivity contribution in [1.29, 1.82) is 0 Å². The van der Waals surface area contributed by atoms with Crippen molar-refractivity contribution in [3.8, 4) is 0 Å². The molecule has 0 aliphatic carbocycles. The summed E-state index contributed by atoms with van der Waals surface area (Å²) < 4.78 is 0. The summed E-state index contributed by atoms with van der Waals surface area (Å²) in [6.07, 6.45) is 58.0. The minimum absolute atomic E-state index is 0.215. The predicted octanol–water partition coefficient (Wildman–Crippen LogP) is 17.1. The van der Waals surface area contributed by atoms with E-state index in [1.165, 1.54) is 180 Å². The summed E-state index contributed by atoms with van der Waals surface area (Å²) in [6.45, 7) is 4.55. The molecule has 2 N–H and O–H groups in total. The van der Waals surface area contributed by atoms with Crippen molar-refractivity contribution < 1.29 is 19.8 Å². The summed E-state index contributed by atoms with van der Waals surface area (Å²) in [5.41, 5.74) is 0. The van der Waals surface area contributed by atoms with Crippen LogP contribution in [0.5, 0.6) is 0 Å². The van der Waals surface area contributed by atoms with Crippen molar-refractivity contribution >= 4 is 11.9 Å². The van der Waals surface area contributed by atoms with Gasteiger partial charge in [0, 0.05) is 0 Å². The second-order valence-corrected chi connectivity index (χ2v) is 16.9. The molecule has 0 aliphatic heterocycles. The molecule has 2 unspecified atom stereocenters. The maximum absolute atomic E-state index is 11.8. The molecule has 2 atom stereocenters. The lowest BCUT2D eigenvalue weighted by Gasteiger charge is -2.13. The first-order chi connectivity index (χ1) is 26.5. The first-order valence-corrected chi connectivity index (χ1v) is 24.3. The van der Waals surface area contributed by atoms with Crippen LogP contribution in [0.2, 0.25) is 0 Å². The lowest BCUT2D eigenvalue weighted by molar-refractivity contribution is -0.143. The number of carbonyl (C=O) groups is 2. The minimum Gasteiger partial charge on any atom is -0.481 e. The zero-order chi connectivity index (χ0) is 39.4. The minimum atomic E-state index is -0.635. The van der Waals surface area contributed by atoms with Crippen LogP contribution in [0.4, 0.5) is 0 Å². The Hall–Kier alpha value is -1.58. The molecule has 0 amide bonds. The van der Waals surface area contributed by atoms with Gasteiger partial charge in [-0.15, -0.1) is 0 Å². The van der Waals surface area contributed by atoms with E-state index in [0.717, 1.165) is 77.0 Å². The molecule has 0 saturated carbocycles. The molecular formula is C50H94O4. The van der Waals surface area contributed by atoms with Gasteiger partial charge in [0.2, 0.25) is 0 Å². The quantitative estimate of drug-likeness (QED) is 0.0479. The molecule has 0 spiro atoms. The molecule has 54 heavy (non-hydrogen) atoms. The summed E-state index contributed by atoms with van der Waals surface area (Å²) in [5.74, 6) is -1.70. The van der Waals surface area contributed by atoms with Crippen molar-refractivity contribution in [3.05, 3.63) is 24.3 Å². The first-order valence-electron chi connectivity index (χ1n) is 24.3. The van der Waals surface area contributed by atoms with E-state index in [1.54, 1.807) is 0 Å². The number of carboxylic acid groups (broad SMARTS) is 2. The smallest absolute Gasteiger partial charge is 0.306 e. The fourth-order valence-corrected chi connectivity index (χ4v) is 7.90. The third-order valence-corrected chi connectivity index (χ3v) is 11.7. The van der Waals surface area contributed by atoms with Gasteiger partial charge in [-0.1, -0.05) is 218 Å². The number of carboxylic acids is 2. The Morgan fingerprint density at radius 3 is 0.704 bits per heavy atom. The summed E-state index contributed by atoms with van der Waals surface area (Å²) in [5, 5.41) is 19.5. The topological polar surface area (TPSA) is 74.6 Å². The maximum atomic E-state index is 11.8. The molecule has 0 heterocycles. The average Bonchev–Trinajstić information content (AvgIpc) is 3.16. The van der Waals surface area contributed by atoms with Crippen LogP contribution >= 0.6 is 0 Å². The van der Waals surface area contributed by atoms with Crippen molar-refractivity contribution in [3.63, 3.8) is 0 Å². The molecule has 0 fully saturated rings. The number of rotatable bonds is 45. The molecule has 318 valence electrons. The Kier molecular flexibility index (Phi) is 42.8. The van der Waals surface area contributed by atoms with Crippen molar-refractivity contribution in [2.24, 2.45) is 11.8 Å². The normalized spacial score (nSPS) is 13.0. The van der Waals surface area contributed by atoms with Gasteiger partial charge in [-0.25, -0.2) is 0 Å². The fraction of sp³-hybridized carbons (Fsp3) is 0.880. The van der Waals surface area contributed by atoms with E-state index in [2.05, 4.69) is 38.2 Å². The summed E-state index contributed by atoms with van der Waals surface area (Å²) in [7, 11) is 0. The van der Waals surface area contributed by atoms with E-state index in [4.69, 9.17) is 0 Å². The molecule has 0 aromatic carbocycles. The van der Waals surface area contributed by atoms with Crippen LogP contribution in [0.1, 0.15) is 271 Å². The van der Waals surface area contributed by atoms with Gasteiger partial charge in [-0.05, 0) is 77.0 Å². The molecule has 0 aromatic rings. The zero-order valence-electron chi connectivity index (χ0n) is 36.5. The van der Waals surface area contributed by atoms with Crippen LogP contribution in [-0.4, -0.2) is 22.2 Å². The second-order valence-electron chi connectivity index (χ2n) is 16.9. The monoisotopic (exact) mass is 759 g/mol. The number of hydrogen-bond donors (Lipinski definition) is 2. The number of aliphatic carboxylic acids is 2. The highest BCUT2D eigenvalue weighted by Gasteiger charge is 2.18. The number of allylic oxidation sites excluding steroid dienone is 4. The molecule has 0 radical (unpaired) electrons. The van der Waals surface area contributed by atoms with E-state index in [1.807, 2.05) is 0 Å². The summed E-state index contributed by atoms with van der Waals surface area (Å²) >= 11 is 0. The van der Waals surface area contributed by atoms with Gasteiger partial charge in [0.15, 0.2) is 0 Å². The fourth-order valence-electron chi connectivity index (χ4n) is 7.90. The largest absolute Gasteiger partial charge is 0.481 e.